The lowest BCUT2D eigenvalue weighted by molar-refractivity contribution is 0.274. The summed E-state index contributed by atoms with van der Waals surface area (Å²) >= 11 is 0. The van der Waals surface area contributed by atoms with Crippen LogP contribution in [-0.4, -0.2) is 6.04 Å². The zero-order valence-corrected chi connectivity index (χ0v) is 13.0. The fraction of sp³-hybridized carbons (Fsp3) is 0.667. The van der Waals surface area contributed by atoms with Gasteiger partial charge in [0.05, 0.1) is 0 Å². The Hall–Kier alpha value is -0.820. The summed E-state index contributed by atoms with van der Waals surface area (Å²) in [4.78, 5) is 0. The van der Waals surface area contributed by atoms with Crippen molar-refractivity contribution in [1.29, 1.82) is 0 Å². The second kappa shape index (κ2) is 8.37. The van der Waals surface area contributed by atoms with E-state index in [1.807, 2.05) is 0 Å². The normalized spacial score (nSPS) is 13.5. The average Bonchev–Trinajstić information content (AvgIpc) is 2.45. The van der Waals surface area contributed by atoms with E-state index >= 15 is 0 Å². The topological polar surface area (TPSA) is 26.0 Å². The van der Waals surface area contributed by atoms with Crippen LogP contribution in [0.15, 0.2) is 30.3 Å². The molecule has 19 heavy (non-hydrogen) atoms. The van der Waals surface area contributed by atoms with Gasteiger partial charge in [0.1, 0.15) is 0 Å². The van der Waals surface area contributed by atoms with Crippen molar-refractivity contribution in [2.45, 2.75) is 77.2 Å². The minimum Gasteiger partial charge on any atom is -0.327 e. The lowest BCUT2D eigenvalue weighted by atomic mass is 9.67. The van der Waals surface area contributed by atoms with E-state index in [-0.39, 0.29) is 11.5 Å². The molecule has 0 radical (unpaired) electrons. The maximum atomic E-state index is 6.64. The van der Waals surface area contributed by atoms with Crippen LogP contribution in [0.4, 0.5) is 0 Å². The van der Waals surface area contributed by atoms with Crippen LogP contribution in [0.5, 0.6) is 0 Å². The quantitative estimate of drug-likeness (QED) is 0.662. The third-order valence-corrected chi connectivity index (χ3v) is 4.32. The molecule has 0 saturated heterocycles. The summed E-state index contributed by atoms with van der Waals surface area (Å²) in [5.74, 6) is 0. The van der Waals surface area contributed by atoms with Crippen molar-refractivity contribution >= 4 is 0 Å². The van der Waals surface area contributed by atoms with Gasteiger partial charge in [-0.25, -0.2) is 0 Å². The zero-order valence-electron chi connectivity index (χ0n) is 13.0. The number of rotatable bonds is 9. The van der Waals surface area contributed by atoms with Crippen molar-refractivity contribution in [3.63, 3.8) is 0 Å². The Labute approximate surface area is 119 Å². The summed E-state index contributed by atoms with van der Waals surface area (Å²) in [5, 5.41) is 0. The first-order valence-electron chi connectivity index (χ1n) is 8.02. The highest BCUT2D eigenvalue weighted by Gasteiger charge is 2.36. The highest BCUT2D eigenvalue weighted by molar-refractivity contribution is 5.27. The minimum absolute atomic E-state index is 0.180. The average molecular weight is 261 g/mol. The maximum Gasteiger partial charge on any atom is 0.0136 e. The molecule has 0 heterocycles. The fourth-order valence-electron chi connectivity index (χ4n) is 3.36. The van der Waals surface area contributed by atoms with E-state index in [4.69, 9.17) is 5.73 Å². The molecule has 0 fully saturated rings. The van der Waals surface area contributed by atoms with Gasteiger partial charge in [-0.3, -0.25) is 0 Å². The SMILES string of the molecule is CCCCC(N)C(CCC)(CCC)c1ccccc1. The van der Waals surface area contributed by atoms with E-state index in [1.54, 1.807) is 0 Å². The van der Waals surface area contributed by atoms with Crippen molar-refractivity contribution in [3.05, 3.63) is 35.9 Å². The molecule has 0 aromatic heterocycles. The molecule has 0 saturated carbocycles. The van der Waals surface area contributed by atoms with Gasteiger partial charge in [-0.1, -0.05) is 76.8 Å². The van der Waals surface area contributed by atoms with Gasteiger partial charge in [-0.2, -0.15) is 0 Å². The Kier molecular flexibility index (Phi) is 7.15. The van der Waals surface area contributed by atoms with Gasteiger partial charge in [0.25, 0.3) is 0 Å². The van der Waals surface area contributed by atoms with Crippen molar-refractivity contribution in [1.82, 2.24) is 0 Å². The van der Waals surface area contributed by atoms with Crippen molar-refractivity contribution < 1.29 is 0 Å². The Morgan fingerprint density at radius 2 is 1.53 bits per heavy atom. The summed E-state index contributed by atoms with van der Waals surface area (Å²) in [6.45, 7) is 6.80. The van der Waals surface area contributed by atoms with Gasteiger partial charge in [-0.05, 0) is 24.8 Å². The molecule has 0 aliphatic rings. The molecule has 1 rings (SSSR count). The number of nitrogens with two attached hydrogens (primary N) is 1. The molecule has 0 spiro atoms. The fourth-order valence-corrected chi connectivity index (χ4v) is 3.36. The lowest BCUT2D eigenvalue weighted by Gasteiger charge is -2.40. The number of hydrogen-bond donors (Lipinski definition) is 1. The molecule has 1 unspecified atom stereocenters. The van der Waals surface area contributed by atoms with Crippen LogP contribution < -0.4 is 5.73 Å². The molecular weight excluding hydrogens is 230 g/mol. The van der Waals surface area contributed by atoms with Crippen LogP contribution in [-0.2, 0) is 5.41 Å². The summed E-state index contributed by atoms with van der Waals surface area (Å²) in [7, 11) is 0. The largest absolute Gasteiger partial charge is 0.327 e. The van der Waals surface area contributed by atoms with Crippen LogP contribution in [0.2, 0.25) is 0 Å². The molecule has 1 nitrogen and oxygen atoms in total. The Morgan fingerprint density at radius 3 is 2.00 bits per heavy atom. The molecule has 0 aliphatic heterocycles. The molecule has 0 amide bonds. The van der Waals surface area contributed by atoms with Gasteiger partial charge < -0.3 is 5.73 Å². The van der Waals surface area contributed by atoms with E-state index in [0.29, 0.717) is 0 Å². The van der Waals surface area contributed by atoms with E-state index in [1.165, 1.54) is 44.1 Å². The molecule has 1 heteroatoms. The lowest BCUT2D eigenvalue weighted by Crippen LogP contribution is -2.45. The van der Waals surface area contributed by atoms with Crippen LogP contribution in [0.3, 0.4) is 0 Å². The summed E-state index contributed by atoms with van der Waals surface area (Å²) in [5.41, 5.74) is 8.27. The van der Waals surface area contributed by atoms with Crippen LogP contribution in [0, 0.1) is 0 Å². The van der Waals surface area contributed by atoms with Gasteiger partial charge in [0.2, 0.25) is 0 Å². The number of benzene rings is 1. The number of unbranched alkanes of at least 4 members (excludes halogenated alkanes) is 1. The molecule has 1 atom stereocenters. The maximum absolute atomic E-state index is 6.64. The summed E-state index contributed by atoms with van der Waals surface area (Å²) < 4.78 is 0. The Balaban J connectivity index is 3.05. The first kappa shape index (κ1) is 16.2. The molecule has 108 valence electrons. The monoisotopic (exact) mass is 261 g/mol. The van der Waals surface area contributed by atoms with E-state index in [0.717, 1.165) is 6.42 Å². The van der Waals surface area contributed by atoms with Crippen LogP contribution in [0.1, 0.15) is 71.3 Å². The van der Waals surface area contributed by atoms with Gasteiger partial charge in [0, 0.05) is 11.5 Å². The molecule has 2 N–H and O–H groups in total. The molecular formula is C18H31N. The third-order valence-electron chi connectivity index (χ3n) is 4.32. The van der Waals surface area contributed by atoms with Crippen molar-refractivity contribution in [2.24, 2.45) is 5.73 Å². The third kappa shape index (κ3) is 4.07. The Morgan fingerprint density at radius 1 is 0.947 bits per heavy atom. The summed E-state index contributed by atoms with van der Waals surface area (Å²) in [6, 6.07) is 11.2. The minimum atomic E-state index is 0.180. The van der Waals surface area contributed by atoms with Crippen LogP contribution >= 0.6 is 0 Å². The standard InChI is InChI=1S/C18H31N/c1-4-7-13-17(19)18(14-5-2,15-6-3)16-11-9-8-10-12-16/h8-12,17H,4-7,13-15,19H2,1-3H3. The molecule has 1 aromatic carbocycles. The summed E-state index contributed by atoms with van der Waals surface area (Å²) in [6.07, 6.45) is 8.43. The second-order valence-corrected chi connectivity index (χ2v) is 5.77. The first-order chi connectivity index (χ1) is 9.21. The van der Waals surface area contributed by atoms with E-state index in [9.17, 15) is 0 Å². The predicted octanol–water partition coefficient (Wildman–Crippen LogP) is 5.04. The second-order valence-electron chi connectivity index (χ2n) is 5.77. The number of hydrogen-bond acceptors (Lipinski definition) is 1. The van der Waals surface area contributed by atoms with E-state index < -0.39 is 0 Å². The molecule has 0 bridgehead atoms. The van der Waals surface area contributed by atoms with Gasteiger partial charge >= 0.3 is 0 Å². The first-order valence-corrected chi connectivity index (χ1v) is 8.02. The van der Waals surface area contributed by atoms with E-state index in [2.05, 4.69) is 51.1 Å². The molecule has 0 aliphatic carbocycles. The highest BCUT2D eigenvalue weighted by Crippen LogP contribution is 2.38. The highest BCUT2D eigenvalue weighted by atomic mass is 14.7. The van der Waals surface area contributed by atoms with Gasteiger partial charge in [0.15, 0.2) is 0 Å². The van der Waals surface area contributed by atoms with Crippen molar-refractivity contribution in [3.8, 4) is 0 Å². The molecule has 1 aromatic rings. The Bertz CT molecular complexity index is 325. The van der Waals surface area contributed by atoms with Crippen molar-refractivity contribution in [2.75, 3.05) is 0 Å². The smallest absolute Gasteiger partial charge is 0.0136 e. The zero-order chi connectivity index (χ0) is 14.1. The predicted molar refractivity (Wildman–Crippen MR) is 85.4 cm³/mol. The van der Waals surface area contributed by atoms with Gasteiger partial charge in [-0.15, -0.1) is 0 Å². The van der Waals surface area contributed by atoms with Crippen LogP contribution in [0.25, 0.3) is 0 Å².